The molecule has 4 rings (SSSR count). The summed E-state index contributed by atoms with van der Waals surface area (Å²) in [5.74, 6) is 1.14. The fourth-order valence-corrected chi connectivity index (χ4v) is 3.88. The number of ether oxygens (including phenoxy) is 3. The summed E-state index contributed by atoms with van der Waals surface area (Å²) in [7, 11) is 0. The Labute approximate surface area is 216 Å². The third-order valence-electron chi connectivity index (χ3n) is 5.71. The number of nitrogens with zero attached hydrogens (tertiary/aromatic N) is 2. The van der Waals surface area contributed by atoms with Crippen LogP contribution in [0.25, 0.3) is 16.7 Å². The highest BCUT2D eigenvalue weighted by Crippen LogP contribution is 2.24. The summed E-state index contributed by atoms with van der Waals surface area (Å²) in [6.45, 7) is 2.88. The SMILES string of the molecule is CCOC(=O)CCCCCCOc1ccc2c(c1)ncn2-c1ccc(NC(=O)Oc2ccccc2)cc1. The molecular formula is C29H31N3O5. The Morgan fingerprint density at radius 3 is 2.46 bits per heavy atom. The summed E-state index contributed by atoms with van der Waals surface area (Å²) in [4.78, 5) is 28.0. The molecule has 1 amide bonds. The van der Waals surface area contributed by atoms with Crippen molar-refractivity contribution >= 4 is 28.8 Å². The Balaban J connectivity index is 1.26. The number of amides is 1. The van der Waals surface area contributed by atoms with Crippen molar-refractivity contribution in [1.82, 2.24) is 9.55 Å². The largest absolute Gasteiger partial charge is 0.494 e. The number of hydrogen-bond acceptors (Lipinski definition) is 6. The molecule has 1 N–H and O–H groups in total. The van der Waals surface area contributed by atoms with Gasteiger partial charge in [-0.3, -0.25) is 14.7 Å². The Bertz CT molecular complexity index is 1300. The molecule has 4 aromatic rings. The zero-order chi connectivity index (χ0) is 25.9. The molecule has 0 radical (unpaired) electrons. The number of unbranched alkanes of at least 4 members (excludes halogenated alkanes) is 3. The van der Waals surface area contributed by atoms with Crippen molar-refractivity contribution in [3.05, 3.63) is 79.1 Å². The van der Waals surface area contributed by atoms with Crippen LogP contribution in [0, 0.1) is 0 Å². The van der Waals surface area contributed by atoms with Crippen LogP contribution >= 0.6 is 0 Å². The minimum Gasteiger partial charge on any atom is -0.494 e. The van der Waals surface area contributed by atoms with Crippen molar-refractivity contribution < 1.29 is 23.8 Å². The van der Waals surface area contributed by atoms with Crippen LogP contribution < -0.4 is 14.8 Å². The Morgan fingerprint density at radius 1 is 0.892 bits per heavy atom. The van der Waals surface area contributed by atoms with Crippen molar-refractivity contribution in [3.63, 3.8) is 0 Å². The van der Waals surface area contributed by atoms with Gasteiger partial charge >= 0.3 is 12.1 Å². The van der Waals surface area contributed by atoms with Crippen molar-refractivity contribution in [2.75, 3.05) is 18.5 Å². The smallest absolute Gasteiger partial charge is 0.417 e. The highest BCUT2D eigenvalue weighted by atomic mass is 16.6. The van der Waals surface area contributed by atoms with Crippen LogP contribution in [0.2, 0.25) is 0 Å². The van der Waals surface area contributed by atoms with Crippen LogP contribution in [0.3, 0.4) is 0 Å². The lowest BCUT2D eigenvalue weighted by Crippen LogP contribution is -2.16. The molecule has 0 bridgehead atoms. The van der Waals surface area contributed by atoms with Crippen molar-refractivity contribution in [2.24, 2.45) is 0 Å². The van der Waals surface area contributed by atoms with E-state index in [9.17, 15) is 9.59 Å². The molecule has 0 unspecified atom stereocenters. The first kappa shape index (κ1) is 25.8. The number of esters is 1. The maximum atomic E-state index is 12.1. The second-order valence-electron chi connectivity index (χ2n) is 8.46. The van der Waals surface area contributed by atoms with E-state index >= 15 is 0 Å². The Kier molecular flexibility index (Phi) is 9.12. The third-order valence-corrected chi connectivity index (χ3v) is 5.71. The van der Waals surface area contributed by atoms with Crippen LogP contribution in [0.1, 0.15) is 39.0 Å². The quantitative estimate of drug-likeness (QED) is 0.175. The van der Waals surface area contributed by atoms with Gasteiger partial charge in [-0.05, 0) is 68.3 Å². The number of carbonyl (C=O) groups is 2. The first-order valence-electron chi connectivity index (χ1n) is 12.5. The molecular weight excluding hydrogens is 470 g/mol. The number of carbonyl (C=O) groups excluding carboxylic acids is 2. The van der Waals surface area contributed by atoms with E-state index in [1.807, 2.05) is 60.0 Å². The van der Waals surface area contributed by atoms with Gasteiger partial charge in [-0.1, -0.05) is 31.0 Å². The van der Waals surface area contributed by atoms with Crippen molar-refractivity contribution in [1.29, 1.82) is 0 Å². The third kappa shape index (κ3) is 7.57. The molecule has 0 fully saturated rings. The fourth-order valence-electron chi connectivity index (χ4n) is 3.88. The molecule has 37 heavy (non-hydrogen) atoms. The number of hydrogen-bond donors (Lipinski definition) is 1. The van der Waals surface area contributed by atoms with Crippen LogP contribution in [-0.4, -0.2) is 34.8 Å². The molecule has 0 aliphatic rings. The number of fused-ring (bicyclic) bond motifs is 1. The molecule has 0 atom stereocenters. The maximum absolute atomic E-state index is 12.1. The van der Waals surface area contributed by atoms with Gasteiger partial charge in [0.25, 0.3) is 0 Å². The van der Waals surface area contributed by atoms with Crippen LogP contribution in [-0.2, 0) is 9.53 Å². The summed E-state index contributed by atoms with van der Waals surface area (Å²) < 4.78 is 18.1. The van der Waals surface area contributed by atoms with E-state index in [1.165, 1.54) is 0 Å². The lowest BCUT2D eigenvalue weighted by molar-refractivity contribution is -0.143. The minimum absolute atomic E-state index is 0.123. The number of nitrogens with one attached hydrogen (secondary N) is 1. The number of imidazole rings is 1. The van der Waals surface area contributed by atoms with Crippen LogP contribution in [0.4, 0.5) is 10.5 Å². The van der Waals surface area contributed by atoms with Gasteiger partial charge in [0, 0.05) is 23.9 Å². The number of rotatable bonds is 12. The van der Waals surface area contributed by atoms with Gasteiger partial charge in [-0.25, -0.2) is 9.78 Å². The van der Waals surface area contributed by atoms with E-state index in [0.29, 0.717) is 31.1 Å². The van der Waals surface area contributed by atoms with E-state index in [1.54, 1.807) is 30.6 Å². The van der Waals surface area contributed by atoms with E-state index in [-0.39, 0.29) is 5.97 Å². The average Bonchev–Trinajstić information content (AvgIpc) is 3.32. The highest BCUT2D eigenvalue weighted by molar-refractivity contribution is 5.86. The number of anilines is 1. The number of benzene rings is 3. The first-order chi connectivity index (χ1) is 18.1. The van der Waals surface area contributed by atoms with E-state index in [0.717, 1.165) is 48.2 Å². The van der Waals surface area contributed by atoms with Crippen molar-refractivity contribution in [3.8, 4) is 17.2 Å². The van der Waals surface area contributed by atoms with Gasteiger partial charge in [-0.2, -0.15) is 0 Å². The van der Waals surface area contributed by atoms with Gasteiger partial charge in [0.05, 0.1) is 24.2 Å². The molecule has 0 aliphatic heterocycles. The predicted octanol–water partition coefficient (Wildman–Crippen LogP) is 6.53. The minimum atomic E-state index is -0.545. The maximum Gasteiger partial charge on any atom is 0.417 e. The first-order valence-corrected chi connectivity index (χ1v) is 12.5. The average molecular weight is 502 g/mol. The normalized spacial score (nSPS) is 10.7. The molecule has 8 heteroatoms. The summed E-state index contributed by atoms with van der Waals surface area (Å²) in [5.41, 5.74) is 3.34. The molecule has 192 valence electrons. The predicted molar refractivity (Wildman–Crippen MR) is 142 cm³/mol. The molecule has 8 nitrogen and oxygen atoms in total. The topological polar surface area (TPSA) is 91.7 Å². The van der Waals surface area contributed by atoms with Gasteiger partial charge in [0.15, 0.2) is 0 Å². The monoisotopic (exact) mass is 501 g/mol. The Hall–Kier alpha value is -4.33. The molecule has 0 saturated carbocycles. The molecule has 1 aromatic heterocycles. The van der Waals surface area contributed by atoms with Gasteiger partial charge in [-0.15, -0.1) is 0 Å². The highest BCUT2D eigenvalue weighted by Gasteiger charge is 2.09. The summed E-state index contributed by atoms with van der Waals surface area (Å²) in [6.07, 6.45) is 5.46. The van der Waals surface area contributed by atoms with Gasteiger partial charge in [0.2, 0.25) is 0 Å². The van der Waals surface area contributed by atoms with E-state index < -0.39 is 6.09 Å². The van der Waals surface area contributed by atoms with Crippen LogP contribution in [0.15, 0.2) is 79.1 Å². The fraction of sp³-hybridized carbons (Fsp3) is 0.276. The molecule has 0 saturated heterocycles. The molecule has 1 heterocycles. The van der Waals surface area contributed by atoms with Crippen molar-refractivity contribution in [2.45, 2.75) is 39.0 Å². The second-order valence-corrected chi connectivity index (χ2v) is 8.46. The number of para-hydroxylation sites is 1. The Morgan fingerprint density at radius 2 is 1.68 bits per heavy atom. The van der Waals surface area contributed by atoms with E-state index in [4.69, 9.17) is 14.2 Å². The number of aromatic nitrogens is 2. The lowest BCUT2D eigenvalue weighted by atomic mass is 10.1. The summed E-state index contributed by atoms with van der Waals surface area (Å²) in [6, 6.07) is 22.2. The van der Waals surface area contributed by atoms with Gasteiger partial charge in [0.1, 0.15) is 17.8 Å². The summed E-state index contributed by atoms with van der Waals surface area (Å²) in [5, 5.41) is 2.73. The second kappa shape index (κ2) is 13.1. The molecule has 0 spiro atoms. The molecule has 3 aromatic carbocycles. The zero-order valence-corrected chi connectivity index (χ0v) is 20.9. The van der Waals surface area contributed by atoms with Crippen LogP contribution in [0.5, 0.6) is 11.5 Å². The van der Waals surface area contributed by atoms with E-state index in [2.05, 4.69) is 10.3 Å². The lowest BCUT2D eigenvalue weighted by Gasteiger charge is -2.09. The van der Waals surface area contributed by atoms with Gasteiger partial charge < -0.3 is 14.2 Å². The standard InChI is InChI=1S/C29H31N3O5/c1-2-35-28(33)12-8-3-4-9-19-36-25-17-18-27-26(20-25)30-21-32(27)23-15-13-22(14-16-23)31-29(34)37-24-10-6-5-7-11-24/h5-7,10-11,13-18,20-21H,2-4,8-9,12,19H2,1H3,(H,31,34). The molecule has 0 aliphatic carbocycles. The summed E-state index contributed by atoms with van der Waals surface area (Å²) >= 11 is 0. The zero-order valence-electron chi connectivity index (χ0n) is 20.9.